The zero-order valence-electron chi connectivity index (χ0n) is 9.26. The number of carbonyl (C=O) groups excluding carboxylic acids is 1. The van der Waals surface area contributed by atoms with E-state index in [1.807, 2.05) is 0 Å². The first-order valence-electron chi connectivity index (χ1n) is 5.41. The molecule has 0 saturated heterocycles. The Labute approximate surface area is 98.6 Å². The van der Waals surface area contributed by atoms with Crippen molar-refractivity contribution in [3.05, 3.63) is 29.8 Å². The lowest BCUT2D eigenvalue weighted by atomic mass is 10.2. The fourth-order valence-corrected chi connectivity index (χ4v) is 1.75. The van der Waals surface area contributed by atoms with Gasteiger partial charge in [-0.25, -0.2) is 0 Å². The number of carboxylic acids is 1. The van der Waals surface area contributed by atoms with Gasteiger partial charge in [0.05, 0.1) is 18.5 Å². The lowest BCUT2D eigenvalue weighted by Gasteiger charge is -2.18. The molecule has 1 aromatic rings. The SMILES string of the molecule is O=C(O)CCN1CCOc2ccccc2C1=O. The third-order valence-corrected chi connectivity index (χ3v) is 2.62. The molecule has 1 aliphatic heterocycles. The van der Waals surface area contributed by atoms with E-state index < -0.39 is 5.97 Å². The second-order valence-corrected chi connectivity index (χ2v) is 3.78. The number of amides is 1. The minimum Gasteiger partial charge on any atom is -0.491 e. The number of hydrogen-bond donors (Lipinski definition) is 1. The van der Waals surface area contributed by atoms with Crippen LogP contribution >= 0.6 is 0 Å². The molecule has 5 nitrogen and oxygen atoms in total. The lowest BCUT2D eigenvalue weighted by molar-refractivity contribution is -0.137. The van der Waals surface area contributed by atoms with Crippen molar-refractivity contribution in [3.8, 4) is 5.75 Å². The van der Waals surface area contributed by atoms with Crippen molar-refractivity contribution < 1.29 is 19.4 Å². The van der Waals surface area contributed by atoms with Gasteiger partial charge in [-0.3, -0.25) is 9.59 Å². The second-order valence-electron chi connectivity index (χ2n) is 3.78. The summed E-state index contributed by atoms with van der Waals surface area (Å²) in [5, 5.41) is 8.63. The first kappa shape index (κ1) is 11.4. The lowest BCUT2D eigenvalue weighted by Crippen LogP contribution is -2.34. The van der Waals surface area contributed by atoms with E-state index in [2.05, 4.69) is 0 Å². The molecule has 0 aliphatic carbocycles. The van der Waals surface area contributed by atoms with Crippen molar-refractivity contribution in [1.29, 1.82) is 0 Å². The van der Waals surface area contributed by atoms with E-state index in [9.17, 15) is 9.59 Å². The summed E-state index contributed by atoms with van der Waals surface area (Å²) in [6.45, 7) is 1.02. The summed E-state index contributed by atoms with van der Waals surface area (Å²) in [5.74, 6) is -0.508. The zero-order chi connectivity index (χ0) is 12.3. The van der Waals surface area contributed by atoms with Crippen LogP contribution in [0.4, 0.5) is 0 Å². The molecule has 0 fully saturated rings. The van der Waals surface area contributed by atoms with Gasteiger partial charge in [0.1, 0.15) is 12.4 Å². The maximum Gasteiger partial charge on any atom is 0.305 e. The molecular formula is C12H13NO4. The van der Waals surface area contributed by atoms with E-state index in [4.69, 9.17) is 9.84 Å². The Morgan fingerprint density at radius 1 is 1.41 bits per heavy atom. The van der Waals surface area contributed by atoms with E-state index in [1.54, 1.807) is 24.3 Å². The minimum atomic E-state index is -0.906. The molecule has 1 amide bonds. The Bertz CT molecular complexity index is 444. The Morgan fingerprint density at radius 2 is 2.18 bits per heavy atom. The molecule has 5 heteroatoms. The molecule has 1 aromatic carbocycles. The van der Waals surface area contributed by atoms with Crippen LogP contribution in [0.25, 0.3) is 0 Å². The molecule has 0 unspecified atom stereocenters. The summed E-state index contributed by atoms with van der Waals surface area (Å²) >= 11 is 0. The van der Waals surface area contributed by atoms with Crippen molar-refractivity contribution >= 4 is 11.9 Å². The highest BCUT2D eigenvalue weighted by molar-refractivity contribution is 5.97. The molecule has 1 aliphatic rings. The van der Waals surface area contributed by atoms with Crippen molar-refractivity contribution in [2.45, 2.75) is 6.42 Å². The molecule has 0 saturated carbocycles. The summed E-state index contributed by atoms with van der Waals surface area (Å²) in [5.41, 5.74) is 0.496. The summed E-state index contributed by atoms with van der Waals surface area (Å²) < 4.78 is 5.45. The number of fused-ring (bicyclic) bond motifs is 1. The van der Waals surface area contributed by atoms with Gasteiger partial charge in [-0.2, -0.15) is 0 Å². The largest absolute Gasteiger partial charge is 0.491 e. The summed E-state index contributed by atoms with van der Waals surface area (Å²) in [7, 11) is 0. The third kappa shape index (κ3) is 2.55. The van der Waals surface area contributed by atoms with Gasteiger partial charge in [0.15, 0.2) is 0 Å². The van der Waals surface area contributed by atoms with E-state index in [1.165, 1.54) is 4.90 Å². The molecule has 0 bridgehead atoms. The van der Waals surface area contributed by atoms with Crippen LogP contribution in [-0.4, -0.2) is 41.6 Å². The second kappa shape index (κ2) is 4.86. The monoisotopic (exact) mass is 235 g/mol. The fourth-order valence-electron chi connectivity index (χ4n) is 1.75. The summed E-state index contributed by atoms with van der Waals surface area (Å²) in [6, 6.07) is 7.00. The van der Waals surface area contributed by atoms with E-state index in [-0.39, 0.29) is 18.9 Å². The molecule has 0 aromatic heterocycles. The number of aliphatic carboxylic acids is 1. The van der Waals surface area contributed by atoms with Gasteiger partial charge in [-0.05, 0) is 12.1 Å². The third-order valence-electron chi connectivity index (χ3n) is 2.62. The molecule has 0 radical (unpaired) electrons. The first-order valence-corrected chi connectivity index (χ1v) is 5.41. The zero-order valence-corrected chi connectivity index (χ0v) is 9.26. The molecule has 1 heterocycles. The number of nitrogens with zero attached hydrogens (tertiary/aromatic N) is 1. The highest BCUT2D eigenvalue weighted by Crippen LogP contribution is 2.22. The van der Waals surface area contributed by atoms with Crippen molar-refractivity contribution in [2.24, 2.45) is 0 Å². The highest BCUT2D eigenvalue weighted by atomic mass is 16.5. The van der Waals surface area contributed by atoms with Gasteiger partial charge >= 0.3 is 5.97 Å². The fraction of sp³-hybridized carbons (Fsp3) is 0.333. The molecule has 1 N–H and O–H groups in total. The standard InChI is InChI=1S/C12H13NO4/c14-11(15)5-6-13-7-8-17-10-4-2-1-3-9(10)12(13)16/h1-4H,5-8H2,(H,14,15). The molecule has 0 atom stereocenters. The Morgan fingerprint density at radius 3 is 2.94 bits per heavy atom. The van der Waals surface area contributed by atoms with Crippen molar-refractivity contribution in [3.63, 3.8) is 0 Å². The van der Waals surface area contributed by atoms with Gasteiger partial charge in [0, 0.05) is 6.54 Å². The first-order chi connectivity index (χ1) is 8.18. The average Bonchev–Trinajstić information content (AvgIpc) is 2.47. The van der Waals surface area contributed by atoms with Crippen LogP contribution in [0.2, 0.25) is 0 Å². The number of carbonyl (C=O) groups is 2. The predicted molar refractivity (Wildman–Crippen MR) is 60.1 cm³/mol. The normalized spacial score (nSPS) is 14.8. The topological polar surface area (TPSA) is 66.8 Å². The van der Waals surface area contributed by atoms with Gasteiger partial charge in [0.2, 0.25) is 0 Å². The maximum atomic E-state index is 12.1. The predicted octanol–water partition coefficient (Wildman–Crippen LogP) is 0.996. The Balaban J connectivity index is 2.17. The number of para-hydroxylation sites is 1. The van der Waals surface area contributed by atoms with Crippen LogP contribution in [-0.2, 0) is 4.79 Å². The van der Waals surface area contributed by atoms with Crippen LogP contribution in [0.3, 0.4) is 0 Å². The van der Waals surface area contributed by atoms with Crippen LogP contribution < -0.4 is 4.74 Å². The van der Waals surface area contributed by atoms with Gasteiger partial charge in [0.25, 0.3) is 5.91 Å². The van der Waals surface area contributed by atoms with E-state index in [0.717, 1.165) is 0 Å². The number of benzene rings is 1. The number of ether oxygens (including phenoxy) is 1. The number of hydrogen-bond acceptors (Lipinski definition) is 3. The summed E-state index contributed by atoms with van der Waals surface area (Å²) in [4.78, 5) is 24.1. The number of carboxylic acid groups (broad SMARTS) is 1. The van der Waals surface area contributed by atoms with Gasteiger partial charge < -0.3 is 14.7 Å². The molecule has 90 valence electrons. The Hall–Kier alpha value is -2.04. The maximum absolute atomic E-state index is 12.1. The van der Waals surface area contributed by atoms with Gasteiger partial charge in [-0.1, -0.05) is 12.1 Å². The van der Waals surface area contributed by atoms with Crippen molar-refractivity contribution in [2.75, 3.05) is 19.7 Å². The van der Waals surface area contributed by atoms with Crippen LogP contribution in [0, 0.1) is 0 Å². The quantitative estimate of drug-likeness (QED) is 0.848. The van der Waals surface area contributed by atoms with Crippen LogP contribution in [0.1, 0.15) is 16.8 Å². The average molecular weight is 235 g/mol. The minimum absolute atomic E-state index is 0.0477. The highest BCUT2D eigenvalue weighted by Gasteiger charge is 2.23. The van der Waals surface area contributed by atoms with Gasteiger partial charge in [-0.15, -0.1) is 0 Å². The summed E-state index contributed by atoms with van der Waals surface area (Å²) in [6.07, 6.45) is -0.0477. The Kier molecular flexibility index (Phi) is 3.27. The van der Waals surface area contributed by atoms with Crippen LogP contribution in [0.15, 0.2) is 24.3 Å². The molecular weight excluding hydrogens is 222 g/mol. The molecule has 17 heavy (non-hydrogen) atoms. The van der Waals surface area contributed by atoms with E-state index in [0.29, 0.717) is 24.5 Å². The van der Waals surface area contributed by atoms with E-state index >= 15 is 0 Å². The van der Waals surface area contributed by atoms with Crippen LogP contribution in [0.5, 0.6) is 5.75 Å². The molecule has 2 rings (SSSR count). The number of rotatable bonds is 3. The van der Waals surface area contributed by atoms with Crippen molar-refractivity contribution in [1.82, 2.24) is 4.90 Å². The molecule has 0 spiro atoms. The smallest absolute Gasteiger partial charge is 0.305 e.